The summed E-state index contributed by atoms with van der Waals surface area (Å²) in [6, 6.07) is 48.0. The molecule has 0 fully saturated rings. The average molecular weight is 646 g/mol. The highest BCUT2D eigenvalue weighted by molar-refractivity contribution is 5.96. The molecule has 0 aliphatic heterocycles. The molecule has 5 nitrogen and oxygen atoms in total. The first-order valence-electron chi connectivity index (χ1n) is 16.3. The highest BCUT2D eigenvalue weighted by Crippen LogP contribution is 2.43. The Balaban J connectivity index is 1.50. The molecule has 1 N–H and O–H groups in total. The lowest BCUT2D eigenvalue weighted by atomic mass is 9.77. The third-order valence-electron chi connectivity index (χ3n) is 8.53. The number of aromatic nitrogens is 2. The Bertz CT molecular complexity index is 2190. The number of ether oxygens (including phenoxy) is 1. The number of anilines is 1. The minimum Gasteiger partial charge on any atom is -0.444 e. The van der Waals surface area contributed by atoms with E-state index in [1.54, 1.807) is 26.8 Å². The van der Waals surface area contributed by atoms with Crippen molar-refractivity contribution in [1.82, 2.24) is 9.78 Å². The van der Waals surface area contributed by atoms with E-state index in [1.807, 2.05) is 83.6 Å². The zero-order chi connectivity index (χ0) is 34.0. The largest absolute Gasteiger partial charge is 0.444 e. The van der Waals surface area contributed by atoms with Crippen LogP contribution in [-0.4, -0.2) is 21.5 Å². The van der Waals surface area contributed by atoms with Crippen LogP contribution >= 0.6 is 0 Å². The van der Waals surface area contributed by atoms with Crippen molar-refractivity contribution in [2.24, 2.45) is 0 Å². The SMILES string of the molecule is CC(C)(C)OC(=O)Nc1cc2c(/C=C/c3ccc4ccccc4c3)nn(C(c3ccccc3)(c3ccccc3)c3ccccc3)c2cc1F. The summed E-state index contributed by atoms with van der Waals surface area (Å²) in [5.41, 5.74) is 3.31. The summed E-state index contributed by atoms with van der Waals surface area (Å²) in [5, 5.41) is 10.9. The molecule has 1 amide bonds. The maximum absolute atomic E-state index is 16.2. The first-order chi connectivity index (χ1) is 23.7. The number of hydrogen-bond donors (Lipinski definition) is 1. The van der Waals surface area contributed by atoms with Crippen LogP contribution in [0.1, 0.15) is 48.7 Å². The Hall–Kier alpha value is -6.01. The van der Waals surface area contributed by atoms with E-state index >= 15 is 4.39 Å². The van der Waals surface area contributed by atoms with E-state index in [0.29, 0.717) is 16.6 Å². The van der Waals surface area contributed by atoms with Gasteiger partial charge in [0.2, 0.25) is 0 Å². The van der Waals surface area contributed by atoms with Gasteiger partial charge >= 0.3 is 6.09 Å². The van der Waals surface area contributed by atoms with E-state index in [0.717, 1.165) is 33.0 Å². The molecule has 0 bridgehead atoms. The molecule has 0 saturated heterocycles. The number of nitrogens with zero attached hydrogens (tertiary/aromatic N) is 2. The molecule has 49 heavy (non-hydrogen) atoms. The van der Waals surface area contributed by atoms with Gasteiger partial charge in [0.25, 0.3) is 0 Å². The highest BCUT2D eigenvalue weighted by Gasteiger charge is 2.41. The van der Waals surface area contributed by atoms with Crippen molar-refractivity contribution in [2.45, 2.75) is 31.9 Å². The van der Waals surface area contributed by atoms with Crippen molar-refractivity contribution in [1.29, 1.82) is 0 Å². The van der Waals surface area contributed by atoms with Crippen LogP contribution in [0.25, 0.3) is 33.8 Å². The van der Waals surface area contributed by atoms with Gasteiger partial charge in [-0.1, -0.05) is 133 Å². The molecule has 7 rings (SSSR count). The summed E-state index contributed by atoms with van der Waals surface area (Å²) in [5.74, 6) is -0.604. The van der Waals surface area contributed by atoms with Gasteiger partial charge < -0.3 is 4.74 Å². The van der Waals surface area contributed by atoms with Crippen molar-refractivity contribution in [2.75, 3.05) is 5.32 Å². The summed E-state index contributed by atoms with van der Waals surface area (Å²) < 4.78 is 23.5. The molecule has 0 atom stereocenters. The fourth-order valence-corrected chi connectivity index (χ4v) is 6.44. The van der Waals surface area contributed by atoms with Crippen LogP contribution in [0, 0.1) is 5.82 Å². The maximum atomic E-state index is 16.2. The van der Waals surface area contributed by atoms with Crippen molar-refractivity contribution < 1.29 is 13.9 Å². The Morgan fingerprint density at radius 2 is 1.24 bits per heavy atom. The van der Waals surface area contributed by atoms with Crippen molar-refractivity contribution in [3.63, 3.8) is 0 Å². The van der Waals surface area contributed by atoms with Crippen LogP contribution in [0.3, 0.4) is 0 Å². The Morgan fingerprint density at radius 1 is 0.694 bits per heavy atom. The molecule has 7 aromatic rings. The Labute approximate surface area is 285 Å². The fourth-order valence-electron chi connectivity index (χ4n) is 6.44. The minimum absolute atomic E-state index is 0.00592. The molecule has 0 unspecified atom stereocenters. The standard InChI is InChI=1S/C43H36FN3O2/c1-42(2,3)49-41(48)45-39-28-36-38(26-24-30-23-25-31-15-13-14-16-32(31)27-30)46-47(40(36)29-37(39)44)43(33-17-7-4-8-18-33,34-19-9-5-10-20-34)35-21-11-6-12-22-35/h4-29H,1-3H3,(H,45,48)/b26-24+. The molecule has 0 radical (unpaired) electrons. The number of carbonyl (C=O) groups is 1. The summed E-state index contributed by atoms with van der Waals surface area (Å²) in [7, 11) is 0. The van der Waals surface area contributed by atoms with Crippen LogP contribution in [0.4, 0.5) is 14.9 Å². The Morgan fingerprint density at radius 3 is 1.82 bits per heavy atom. The van der Waals surface area contributed by atoms with Gasteiger partial charge in [0.15, 0.2) is 0 Å². The molecule has 0 spiro atoms. The normalized spacial score (nSPS) is 12.1. The van der Waals surface area contributed by atoms with E-state index in [9.17, 15) is 4.79 Å². The average Bonchev–Trinajstić information content (AvgIpc) is 3.45. The van der Waals surface area contributed by atoms with Gasteiger partial charge in [0.05, 0.1) is 16.9 Å². The fraction of sp³-hybridized carbons (Fsp3) is 0.116. The summed E-state index contributed by atoms with van der Waals surface area (Å²) in [6.45, 7) is 5.30. The van der Waals surface area contributed by atoms with Crippen LogP contribution in [0.5, 0.6) is 0 Å². The van der Waals surface area contributed by atoms with Crippen LogP contribution in [-0.2, 0) is 10.3 Å². The molecular weight excluding hydrogens is 609 g/mol. The number of carbonyl (C=O) groups excluding carboxylic acids is 1. The lowest BCUT2D eigenvalue weighted by Crippen LogP contribution is -2.38. The smallest absolute Gasteiger partial charge is 0.412 e. The Kier molecular flexibility index (Phi) is 8.31. The number of halogens is 1. The molecule has 1 heterocycles. The quantitative estimate of drug-likeness (QED) is 0.176. The van der Waals surface area contributed by atoms with Gasteiger partial charge in [0.1, 0.15) is 17.0 Å². The molecule has 0 aliphatic rings. The first kappa shape index (κ1) is 31.6. The van der Waals surface area contributed by atoms with E-state index in [2.05, 4.69) is 72.0 Å². The number of benzene rings is 6. The van der Waals surface area contributed by atoms with Gasteiger partial charge in [-0.2, -0.15) is 5.10 Å². The summed E-state index contributed by atoms with van der Waals surface area (Å²) in [4.78, 5) is 12.8. The van der Waals surface area contributed by atoms with E-state index in [1.165, 1.54) is 6.07 Å². The second kappa shape index (κ2) is 12.9. The second-order valence-corrected chi connectivity index (χ2v) is 13.0. The predicted octanol–water partition coefficient (Wildman–Crippen LogP) is 10.7. The number of amides is 1. The third-order valence-corrected chi connectivity index (χ3v) is 8.53. The van der Waals surface area contributed by atoms with E-state index in [-0.39, 0.29) is 5.69 Å². The van der Waals surface area contributed by atoms with Gasteiger partial charge in [-0.15, -0.1) is 0 Å². The van der Waals surface area contributed by atoms with Gasteiger partial charge in [0, 0.05) is 11.5 Å². The number of rotatable bonds is 7. The van der Waals surface area contributed by atoms with Crippen LogP contribution < -0.4 is 5.32 Å². The molecule has 1 aromatic heterocycles. The maximum Gasteiger partial charge on any atom is 0.412 e. The summed E-state index contributed by atoms with van der Waals surface area (Å²) in [6.07, 6.45) is 3.22. The molecular formula is C43H36FN3O2. The molecule has 242 valence electrons. The first-order valence-corrected chi connectivity index (χ1v) is 16.3. The van der Waals surface area contributed by atoms with E-state index < -0.39 is 23.1 Å². The van der Waals surface area contributed by atoms with Crippen molar-refractivity contribution >= 4 is 45.6 Å². The molecule has 0 aliphatic carbocycles. The van der Waals surface area contributed by atoms with Gasteiger partial charge in [-0.25, -0.2) is 13.9 Å². The van der Waals surface area contributed by atoms with Crippen LogP contribution in [0.15, 0.2) is 146 Å². The topological polar surface area (TPSA) is 56.1 Å². The zero-order valence-electron chi connectivity index (χ0n) is 27.6. The van der Waals surface area contributed by atoms with Gasteiger partial charge in [-0.3, -0.25) is 5.32 Å². The van der Waals surface area contributed by atoms with Crippen molar-refractivity contribution in [3.8, 4) is 0 Å². The number of fused-ring (bicyclic) bond motifs is 2. The second-order valence-electron chi connectivity index (χ2n) is 13.0. The van der Waals surface area contributed by atoms with E-state index in [4.69, 9.17) is 9.84 Å². The van der Waals surface area contributed by atoms with Gasteiger partial charge in [-0.05, 0) is 72.0 Å². The lowest BCUT2D eigenvalue weighted by molar-refractivity contribution is 0.0635. The number of nitrogens with one attached hydrogen (secondary N) is 1. The number of hydrogen-bond acceptors (Lipinski definition) is 3. The molecule has 6 heteroatoms. The van der Waals surface area contributed by atoms with Crippen molar-refractivity contribution in [3.05, 3.63) is 179 Å². The third kappa shape index (κ3) is 6.21. The lowest BCUT2D eigenvalue weighted by Gasteiger charge is -2.37. The van der Waals surface area contributed by atoms with Crippen LogP contribution in [0.2, 0.25) is 0 Å². The zero-order valence-corrected chi connectivity index (χ0v) is 27.6. The predicted molar refractivity (Wildman–Crippen MR) is 197 cm³/mol. The summed E-state index contributed by atoms with van der Waals surface area (Å²) >= 11 is 0. The molecule has 0 saturated carbocycles. The minimum atomic E-state index is -0.983. The highest BCUT2D eigenvalue weighted by atomic mass is 19.1. The molecule has 6 aromatic carbocycles. The monoisotopic (exact) mass is 645 g/mol.